The van der Waals surface area contributed by atoms with Crippen molar-refractivity contribution < 1.29 is 52.6 Å². The number of aromatic hydroxyl groups is 1. The molecule has 0 amide bonds. The predicted molar refractivity (Wildman–Crippen MR) is 118 cm³/mol. The number of rotatable bonds is 5. The van der Waals surface area contributed by atoms with E-state index in [1.54, 1.807) is 6.07 Å². The molecular weight excluding hydrogens is 579 g/mol. The van der Waals surface area contributed by atoms with Crippen LogP contribution in [0.1, 0.15) is 30.5 Å². The zero-order chi connectivity index (χ0) is 25.6. The van der Waals surface area contributed by atoms with E-state index in [-0.39, 0.29) is 11.3 Å². The molecule has 0 aliphatic heterocycles. The summed E-state index contributed by atoms with van der Waals surface area (Å²) in [6, 6.07) is 12.2. The third kappa shape index (κ3) is 5.99. The number of phenolic OH excluding ortho intramolecular Hbond substituents is 1. The van der Waals surface area contributed by atoms with E-state index in [2.05, 4.69) is 4.99 Å². The van der Waals surface area contributed by atoms with Crippen LogP contribution in [-0.2, 0) is 26.3 Å². The van der Waals surface area contributed by atoms with Crippen LogP contribution in [0.25, 0.3) is 0 Å². The normalized spacial score (nSPS) is 11.2. The van der Waals surface area contributed by atoms with Crippen molar-refractivity contribution in [2.75, 3.05) is 7.11 Å². The predicted octanol–water partition coefficient (Wildman–Crippen LogP) is 7.55. The molecule has 0 heterocycles. The molecule has 0 saturated heterocycles. The van der Waals surface area contributed by atoms with Gasteiger partial charge in [0.25, 0.3) is 0 Å². The van der Waals surface area contributed by atoms with Gasteiger partial charge in [0.15, 0.2) is 23.3 Å². The van der Waals surface area contributed by atoms with E-state index in [4.69, 9.17) is 21.8 Å². The van der Waals surface area contributed by atoms with E-state index < -0.39 is 61.0 Å². The van der Waals surface area contributed by atoms with Crippen LogP contribution in [0.2, 0.25) is 0 Å². The van der Waals surface area contributed by atoms with Gasteiger partial charge in [-0.05, 0) is 17.7 Å². The van der Waals surface area contributed by atoms with Crippen LogP contribution in [0.5, 0.6) is 11.5 Å². The second-order valence-corrected chi connectivity index (χ2v) is 11.1. The molecule has 34 heavy (non-hydrogen) atoms. The fourth-order valence-corrected chi connectivity index (χ4v) is 3.17. The first kappa shape index (κ1) is 28.3. The van der Waals surface area contributed by atoms with Crippen LogP contribution in [0.4, 0.5) is 27.6 Å². The first-order valence-corrected chi connectivity index (χ1v) is 15.8. The van der Waals surface area contributed by atoms with Crippen molar-refractivity contribution in [2.45, 2.75) is 19.3 Å². The van der Waals surface area contributed by atoms with E-state index >= 15 is 0 Å². The summed E-state index contributed by atoms with van der Waals surface area (Å²) in [5.74, 6) is -10.6. The topological polar surface area (TPSA) is 41.8 Å². The minimum absolute atomic E-state index is 0.0257. The molecule has 0 aromatic heterocycles. The Labute approximate surface area is 211 Å². The molecule has 180 valence electrons. The van der Waals surface area contributed by atoms with E-state index in [1.165, 1.54) is 13.2 Å². The molecule has 0 aliphatic carbocycles. The Morgan fingerprint density at radius 3 is 1.91 bits per heavy atom. The Kier molecular flexibility index (Phi) is 10.1. The van der Waals surface area contributed by atoms with Crippen LogP contribution in [0, 0.1) is 29.1 Å². The number of hydrogen-bond acceptors (Lipinski definition) is 3. The Hall–Kier alpha value is -1.96. The number of aliphatic imine (C=N–C) groups is 1. The molecule has 3 rings (SSSR count). The summed E-state index contributed by atoms with van der Waals surface area (Å²) in [6.45, 7) is 3.70. The molecule has 0 atom stereocenters. The van der Waals surface area contributed by atoms with Gasteiger partial charge in [-0.25, -0.2) is 26.9 Å². The van der Waals surface area contributed by atoms with Crippen LogP contribution >= 0.6 is 17.0 Å². The van der Waals surface area contributed by atoms with Gasteiger partial charge in [0.05, 0.1) is 7.11 Å². The van der Waals surface area contributed by atoms with Crippen LogP contribution < -0.4 is 4.74 Å². The van der Waals surface area contributed by atoms with Gasteiger partial charge in [-0.3, -0.25) is 0 Å². The molecular formula is C23H18Cl2F5NO2Zr. The first-order chi connectivity index (χ1) is 16.0. The van der Waals surface area contributed by atoms with Gasteiger partial charge >= 0.3 is 37.9 Å². The van der Waals surface area contributed by atoms with Gasteiger partial charge in [0, 0.05) is 22.8 Å². The molecule has 1 N–H and O–H groups in total. The van der Waals surface area contributed by atoms with E-state index in [0.717, 1.165) is 11.8 Å². The third-order valence-corrected chi connectivity index (χ3v) is 5.04. The molecule has 3 nitrogen and oxygen atoms in total. The fourth-order valence-electron chi connectivity index (χ4n) is 3.17. The first-order valence-electron chi connectivity index (χ1n) is 9.49. The van der Waals surface area contributed by atoms with Crippen molar-refractivity contribution in [2.24, 2.45) is 4.99 Å². The maximum atomic E-state index is 13.9. The molecule has 0 spiro atoms. The summed E-state index contributed by atoms with van der Waals surface area (Å²) in [7, 11) is 11.3. The van der Waals surface area contributed by atoms with Crippen molar-refractivity contribution in [3.8, 4) is 11.5 Å². The van der Waals surface area contributed by atoms with Crippen molar-refractivity contribution in [3.63, 3.8) is 0 Å². The monoisotopic (exact) mass is 595 g/mol. The second-order valence-electron chi connectivity index (χ2n) is 7.35. The molecule has 0 fully saturated rings. The van der Waals surface area contributed by atoms with Gasteiger partial charge in [-0.2, -0.15) is 0 Å². The van der Waals surface area contributed by atoms with Crippen LogP contribution in [-0.4, -0.2) is 18.4 Å². The maximum absolute atomic E-state index is 13.9. The average Bonchev–Trinajstić information content (AvgIpc) is 2.83. The molecule has 3 aromatic carbocycles. The number of halogens is 7. The molecule has 11 heteroatoms. The summed E-state index contributed by atoms with van der Waals surface area (Å²) in [5.41, 5.74) is -0.824. The third-order valence-electron chi connectivity index (χ3n) is 5.04. The van der Waals surface area contributed by atoms with Crippen LogP contribution in [0.15, 0.2) is 47.5 Å². The van der Waals surface area contributed by atoms with Crippen LogP contribution in [0.3, 0.4) is 0 Å². The van der Waals surface area contributed by atoms with E-state index in [9.17, 15) is 27.1 Å². The quantitative estimate of drug-likeness (QED) is 0.143. The van der Waals surface area contributed by atoms with Gasteiger partial charge in [0.2, 0.25) is 5.82 Å². The molecule has 0 radical (unpaired) electrons. The number of hydrogen-bond donors (Lipinski definition) is 1. The molecule has 3 aromatic rings. The summed E-state index contributed by atoms with van der Waals surface area (Å²) >= 11 is -0.826. The number of ether oxygens (including phenoxy) is 1. The Morgan fingerprint density at radius 1 is 0.912 bits per heavy atom. The van der Waals surface area contributed by atoms with Crippen molar-refractivity contribution in [3.05, 3.63) is 88.2 Å². The molecule has 0 saturated carbocycles. The van der Waals surface area contributed by atoms with Gasteiger partial charge in [-0.15, -0.1) is 0 Å². The Bertz CT molecular complexity index is 1160. The SMILES string of the molecule is COc1cc(C=Nc2c(F)c(F)c(F)c(F)c2F)c(O)c(C(C)(C)c2ccccc2)c1.[Cl][Zr][Cl]. The minimum atomic E-state index is -2.27. The van der Waals surface area contributed by atoms with E-state index in [1.807, 2.05) is 44.2 Å². The Balaban J connectivity index is 0.00000129. The average molecular weight is 598 g/mol. The fraction of sp³-hybridized carbons (Fsp3) is 0.174. The zero-order valence-corrected chi connectivity index (χ0v) is 22.0. The van der Waals surface area contributed by atoms with Crippen molar-refractivity contribution >= 4 is 28.9 Å². The number of benzene rings is 3. The molecule has 0 aliphatic rings. The molecule has 0 unspecified atom stereocenters. The summed E-state index contributed by atoms with van der Waals surface area (Å²) in [6.07, 6.45) is 0.820. The molecule has 0 bridgehead atoms. The van der Waals surface area contributed by atoms with Gasteiger partial charge < -0.3 is 9.84 Å². The number of phenols is 1. The van der Waals surface area contributed by atoms with Gasteiger partial charge in [-0.1, -0.05) is 44.2 Å². The van der Waals surface area contributed by atoms with Crippen molar-refractivity contribution in [1.29, 1.82) is 0 Å². The van der Waals surface area contributed by atoms with Gasteiger partial charge in [0.1, 0.15) is 17.2 Å². The number of methoxy groups -OCH3 is 1. The van der Waals surface area contributed by atoms with Crippen molar-refractivity contribution in [1.82, 2.24) is 0 Å². The summed E-state index contributed by atoms with van der Waals surface area (Å²) in [4.78, 5) is 3.43. The number of nitrogens with zero attached hydrogens (tertiary/aromatic N) is 1. The summed E-state index contributed by atoms with van der Waals surface area (Å²) < 4.78 is 73.2. The zero-order valence-electron chi connectivity index (χ0n) is 18.1. The standard InChI is InChI=1S/C23H18F5NO2.2ClH.Zr/c1-23(2,13-7-5-4-6-8-13)15-10-14(31-3)9-12(22(15)30)11-29-21-19(27)17(25)16(24)18(26)20(21)28;;;/h4-11,30H,1-3H3;2*1H;/q;;;+2/p-2. The second kappa shape index (κ2) is 12.1. The summed E-state index contributed by atoms with van der Waals surface area (Å²) in [5, 5.41) is 10.8. The Morgan fingerprint density at radius 2 is 1.41 bits per heavy atom. The van der Waals surface area contributed by atoms with E-state index in [0.29, 0.717) is 11.3 Å².